The molecule has 0 atom stereocenters. The maximum Gasteiger partial charge on any atom is 0.164 e. The van der Waals surface area contributed by atoms with Crippen LogP contribution in [0.5, 0.6) is 5.75 Å². The molecule has 0 aliphatic heterocycles. The van der Waals surface area contributed by atoms with E-state index in [1.807, 2.05) is 19.0 Å². The zero-order valence-electron chi connectivity index (χ0n) is 10.3. The molecule has 1 N–H and O–H groups in total. The Labute approximate surface area is 113 Å². The molecule has 1 heterocycles. The van der Waals surface area contributed by atoms with Gasteiger partial charge >= 0.3 is 0 Å². The Morgan fingerprint density at radius 3 is 2.67 bits per heavy atom. The van der Waals surface area contributed by atoms with Crippen molar-refractivity contribution in [3.8, 4) is 17.0 Å². The number of rotatable bonds is 3. The molecular weight excluding hydrogens is 301 g/mol. The SMILES string of the molecule is COc1ccc(F)cc1-c1[nH]nc(N(C)C)c1Br. The number of H-pyrrole nitrogens is 1. The van der Waals surface area contributed by atoms with Crippen molar-refractivity contribution in [2.75, 3.05) is 26.1 Å². The Kier molecular flexibility index (Phi) is 3.56. The standard InChI is InChI=1S/C12H13BrFN3O/c1-17(2)12-10(13)11(15-16-12)8-6-7(14)4-5-9(8)18-3/h4-6H,1-3H3,(H,15,16). The van der Waals surface area contributed by atoms with Gasteiger partial charge in [-0.15, -0.1) is 0 Å². The predicted octanol–water partition coefficient (Wildman–Crippen LogP) is 3.05. The summed E-state index contributed by atoms with van der Waals surface area (Å²) >= 11 is 3.46. The first-order valence-corrected chi connectivity index (χ1v) is 6.09. The maximum absolute atomic E-state index is 13.4. The molecule has 18 heavy (non-hydrogen) atoms. The summed E-state index contributed by atoms with van der Waals surface area (Å²) < 4.78 is 19.4. The summed E-state index contributed by atoms with van der Waals surface area (Å²) in [5, 5.41) is 7.06. The van der Waals surface area contributed by atoms with Crippen molar-refractivity contribution in [3.63, 3.8) is 0 Å². The Balaban J connectivity index is 2.58. The van der Waals surface area contributed by atoms with Crippen LogP contribution in [0.3, 0.4) is 0 Å². The summed E-state index contributed by atoms with van der Waals surface area (Å²) in [5.41, 5.74) is 1.32. The third-order valence-corrected chi connectivity index (χ3v) is 3.30. The Hall–Kier alpha value is -1.56. The lowest BCUT2D eigenvalue weighted by molar-refractivity contribution is 0.415. The average Bonchev–Trinajstić information content (AvgIpc) is 2.71. The molecule has 0 spiro atoms. The Morgan fingerprint density at radius 2 is 2.11 bits per heavy atom. The van der Waals surface area contributed by atoms with Gasteiger partial charge in [0, 0.05) is 19.7 Å². The number of methoxy groups -OCH3 is 1. The van der Waals surface area contributed by atoms with Crippen molar-refractivity contribution in [1.82, 2.24) is 10.2 Å². The molecule has 0 saturated heterocycles. The van der Waals surface area contributed by atoms with E-state index in [9.17, 15) is 4.39 Å². The fourth-order valence-corrected chi connectivity index (χ4v) is 2.41. The van der Waals surface area contributed by atoms with Gasteiger partial charge in [0.15, 0.2) is 5.82 Å². The fraction of sp³-hybridized carbons (Fsp3) is 0.250. The van der Waals surface area contributed by atoms with Gasteiger partial charge in [0.05, 0.1) is 17.3 Å². The Morgan fingerprint density at radius 1 is 1.39 bits per heavy atom. The first-order chi connectivity index (χ1) is 8.54. The van der Waals surface area contributed by atoms with Crippen LogP contribution < -0.4 is 9.64 Å². The third-order valence-electron chi connectivity index (χ3n) is 2.54. The van der Waals surface area contributed by atoms with Crippen molar-refractivity contribution < 1.29 is 9.13 Å². The van der Waals surface area contributed by atoms with Crippen LogP contribution in [0.1, 0.15) is 0 Å². The highest BCUT2D eigenvalue weighted by atomic mass is 79.9. The molecule has 6 heteroatoms. The molecule has 2 aromatic rings. The van der Waals surface area contributed by atoms with Gasteiger partial charge in [0.25, 0.3) is 0 Å². The number of aromatic nitrogens is 2. The van der Waals surface area contributed by atoms with E-state index in [4.69, 9.17) is 4.74 Å². The van der Waals surface area contributed by atoms with Crippen molar-refractivity contribution in [3.05, 3.63) is 28.5 Å². The molecule has 4 nitrogen and oxygen atoms in total. The third kappa shape index (κ3) is 2.20. The first kappa shape index (κ1) is 12.9. The lowest BCUT2D eigenvalue weighted by Gasteiger charge is -2.09. The van der Waals surface area contributed by atoms with Crippen LogP contribution >= 0.6 is 15.9 Å². The minimum absolute atomic E-state index is 0.321. The molecule has 0 aliphatic carbocycles. The summed E-state index contributed by atoms with van der Waals surface area (Å²) in [7, 11) is 5.31. The van der Waals surface area contributed by atoms with E-state index in [1.165, 1.54) is 12.1 Å². The smallest absolute Gasteiger partial charge is 0.164 e. The highest BCUT2D eigenvalue weighted by Gasteiger charge is 2.17. The largest absolute Gasteiger partial charge is 0.496 e. The highest BCUT2D eigenvalue weighted by Crippen LogP contribution is 2.37. The van der Waals surface area contributed by atoms with Crippen LogP contribution in [-0.4, -0.2) is 31.4 Å². The van der Waals surface area contributed by atoms with E-state index >= 15 is 0 Å². The molecule has 1 aromatic carbocycles. The van der Waals surface area contributed by atoms with E-state index in [-0.39, 0.29) is 5.82 Å². The molecule has 2 rings (SSSR count). The second-order valence-electron chi connectivity index (χ2n) is 3.98. The van der Waals surface area contributed by atoms with Crippen molar-refractivity contribution in [2.24, 2.45) is 0 Å². The topological polar surface area (TPSA) is 41.1 Å². The van der Waals surface area contributed by atoms with Gasteiger partial charge in [-0.3, -0.25) is 5.10 Å². The first-order valence-electron chi connectivity index (χ1n) is 5.29. The minimum Gasteiger partial charge on any atom is -0.496 e. The van der Waals surface area contributed by atoms with Gasteiger partial charge in [-0.25, -0.2) is 4.39 Å². The summed E-state index contributed by atoms with van der Waals surface area (Å²) in [6.07, 6.45) is 0. The number of halogens is 2. The van der Waals surface area contributed by atoms with Crippen LogP contribution in [0.2, 0.25) is 0 Å². The van der Waals surface area contributed by atoms with Gasteiger partial charge in [0.1, 0.15) is 11.6 Å². The lowest BCUT2D eigenvalue weighted by Crippen LogP contribution is -2.09. The summed E-state index contributed by atoms with van der Waals surface area (Å²) in [6.45, 7) is 0. The van der Waals surface area contributed by atoms with E-state index < -0.39 is 0 Å². The summed E-state index contributed by atoms with van der Waals surface area (Å²) in [4.78, 5) is 1.86. The molecule has 0 unspecified atom stereocenters. The van der Waals surface area contributed by atoms with Crippen LogP contribution in [0.25, 0.3) is 11.3 Å². The number of hydrogen-bond acceptors (Lipinski definition) is 3. The minimum atomic E-state index is -0.321. The number of aromatic amines is 1. The van der Waals surface area contributed by atoms with Gasteiger partial charge in [0.2, 0.25) is 0 Å². The van der Waals surface area contributed by atoms with Gasteiger partial charge in [-0.05, 0) is 34.1 Å². The number of nitrogens with one attached hydrogen (secondary N) is 1. The number of nitrogens with zero attached hydrogens (tertiary/aromatic N) is 2. The van der Waals surface area contributed by atoms with Crippen LogP contribution in [-0.2, 0) is 0 Å². The van der Waals surface area contributed by atoms with Crippen molar-refractivity contribution >= 4 is 21.7 Å². The molecule has 0 fully saturated rings. The average molecular weight is 314 g/mol. The van der Waals surface area contributed by atoms with Crippen LogP contribution in [0.15, 0.2) is 22.7 Å². The number of anilines is 1. The molecule has 1 aromatic heterocycles. The van der Waals surface area contributed by atoms with Crippen LogP contribution in [0, 0.1) is 5.82 Å². The predicted molar refractivity (Wildman–Crippen MR) is 72.6 cm³/mol. The van der Waals surface area contributed by atoms with Gasteiger partial charge in [-0.1, -0.05) is 0 Å². The highest BCUT2D eigenvalue weighted by molar-refractivity contribution is 9.10. The molecule has 0 radical (unpaired) electrons. The quantitative estimate of drug-likeness (QED) is 0.947. The maximum atomic E-state index is 13.4. The lowest BCUT2D eigenvalue weighted by atomic mass is 10.1. The van der Waals surface area contributed by atoms with Crippen LogP contribution in [0.4, 0.5) is 10.2 Å². The number of benzene rings is 1. The zero-order valence-corrected chi connectivity index (χ0v) is 11.9. The van der Waals surface area contributed by atoms with E-state index in [1.54, 1.807) is 13.2 Å². The molecule has 0 aliphatic rings. The molecule has 0 amide bonds. The van der Waals surface area contributed by atoms with Crippen molar-refractivity contribution in [2.45, 2.75) is 0 Å². The Bertz CT molecular complexity index is 568. The van der Waals surface area contributed by atoms with E-state index in [2.05, 4.69) is 26.1 Å². The van der Waals surface area contributed by atoms with Gasteiger partial charge in [-0.2, -0.15) is 5.10 Å². The number of ether oxygens (including phenoxy) is 1. The second-order valence-corrected chi connectivity index (χ2v) is 4.77. The summed E-state index contributed by atoms with van der Waals surface area (Å²) in [5.74, 6) is 1.01. The fourth-order valence-electron chi connectivity index (χ4n) is 1.67. The molecule has 96 valence electrons. The summed E-state index contributed by atoms with van der Waals surface area (Å²) in [6, 6.07) is 4.36. The molecule has 0 bridgehead atoms. The molecular formula is C12H13BrFN3O. The van der Waals surface area contributed by atoms with Gasteiger partial charge < -0.3 is 9.64 Å². The second kappa shape index (κ2) is 4.97. The monoisotopic (exact) mass is 313 g/mol. The van der Waals surface area contributed by atoms with E-state index in [0.29, 0.717) is 17.0 Å². The van der Waals surface area contributed by atoms with Crippen molar-refractivity contribution in [1.29, 1.82) is 0 Å². The zero-order chi connectivity index (χ0) is 13.3. The van der Waals surface area contributed by atoms with E-state index in [0.717, 1.165) is 10.3 Å². The normalized spacial score (nSPS) is 10.5. The number of hydrogen-bond donors (Lipinski definition) is 1. The molecule has 0 saturated carbocycles.